The molecule has 0 spiro atoms. The third-order valence-corrected chi connectivity index (χ3v) is 4.83. The molecule has 0 atom stereocenters. The fourth-order valence-electron chi connectivity index (χ4n) is 3.35. The Morgan fingerprint density at radius 2 is 1.15 bits per heavy atom. The summed E-state index contributed by atoms with van der Waals surface area (Å²) < 4.78 is 0. The predicted molar refractivity (Wildman–Crippen MR) is 110 cm³/mol. The average Bonchev–Trinajstić information content (AvgIpc) is 2.69. The van der Waals surface area contributed by atoms with Crippen molar-refractivity contribution in [2.45, 2.75) is 13.8 Å². The van der Waals surface area contributed by atoms with E-state index in [1.807, 2.05) is 12.3 Å². The molecule has 0 aliphatic carbocycles. The number of benzene rings is 3. The summed E-state index contributed by atoms with van der Waals surface area (Å²) in [6, 6.07) is 29.7. The Kier molecular flexibility index (Phi) is 4.37. The molecule has 3 aromatic carbocycles. The summed E-state index contributed by atoms with van der Waals surface area (Å²) in [5.41, 5.74) is 9.60. The molecule has 26 heavy (non-hydrogen) atoms. The fourth-order valence-corrected chi connectivity index (χ4v) is 3.35. The van der Waals surface area contributed by atoms with Gasteiger partial charge in [-0.2, -0.15) is 0 Å². The molecule has 0 saturated carbocycles. The van der Waals surface area contributed by atoms with E-state index < -0.39 is 0 Å². The van der Waals surface area contributed by atoms with Crippen molar-refractivity contribution >= 4 is 0 Å². The Labute approximate surface area is 155 Å². The number of nitrogens with zero attached hydrogens (tertiary/aromatic N) is 1. The summed E-state index contributed by atoms with van der Waals surface area (Å²) in [4.78, 5) is 4.71. The minimum Gasteiger partial charge on any atom is -0.256 e. The molecule has 1 aromatic heterocycles. The Bertz CT molecular complexity index is 1030. The van der Waals surface area contributed by atoms with Gasteiger partial charge in [-0.05, 0) is 47.7 Å². The first kappa shape index (κ1) is 16.3. The highest BCUT2D eigenvalue weighted by Gasteiger charge is 2.07. The zero-order valence-corrected chi connectivity index (χ0v) is 15.1. The zero-order valence-electron chi connectivity index (χ0n) is 15.1. The number of hydrogen-bond acceptors (Lipinski definition) is 1. The van der Waals surface area contributed by atoms with Crippen molar-refractivity contribution in [1.29, 1.82) is 0 Å². The molecule has 4 aromatic rings. The molecular weight excluding hydrogens is 314 g/mol. The smallest absolute Gasteiger partial charge is 0.0705 e. The normalized spacial score (nSPS) is 10.7. The SMILES string of the molecule is Cc1ccccc1-c1ccc(-c2cc(C)c(-c3ccccc3)cn2)cc1. The molecule has 1 heteroatoms. The van der Waals surface area contributed by atoms with Crippen LogP contribution in [0.1, 0.15) is 11.1 Å². The third-order valence-electron chi connectivity index (χ3n) is 4.83. The van der Waals surface area contributed by atoms with Crippen molar-refractivity contribution in [3.8, 4) is 33.5 Å². The van der Waals surface area contributed by atoms with Crippen molar-refractivity contribution in [2.75, 3.05) is 0 Å². The van der Waals surface area contributed by atoms with E-state index in [-0.39, 0.29) is 0 Å². The molecule has 1 heterocycles. The summed E-state index contributed by atoms with van der Waals surface area (Å²) in [6.45, 7) is 4.30. The van der Waals surface area contributed by atoms with Crippen LogP contribution in [0.2, 0.25) is 0 Å². The van der Waals surface area contributed by atoms with Gasteiger partial charge in [-0.15, -0.1) is 0 Å². The highest BCUT2D eigenvalue weighted by molar-refractivity contribution is 5.73. The first-order valence-corrected chi connectivity index (χ1v) is 8.91. The van der Waals surface area contributed by atoms with Crippen LogP contribution in [0, 0.1) is 13.8 Å². The first-order chi connectivity index (χ1) is 12.7. The van der Waals surface area contributed by atoms with E-state index in [1.165, 1.54) is 33.4 Å². The van der Waals surface area contributed by atoms with Crippen molar-refractivity contribution < 1.29 is 0 Å². The van der Waals surface area contributed by atoms with Gasteiger partial charge in [0.1, 0.15) is 0 Å². The molecule has 0 radical (unpaired) electrons. The highest BCUT2D eigenvalue weighted by atomic mass is 14.7. The quantitative estimate of drug-likeness (QED) is 0.406. The molecule has 1 nitrogen and oxygen atoms in total. The van der Waals surface area contributed by atoms with Crippen LogP contribution in [-0.4, -0.2) is 4.98 Å². The van der Waals surface area contributed by atoms with E-state index in [9.17, 15) is 0 Å². The molecule has 0 unspecified atom stereocenters. The molecule has 0 bridgehead atoms. The van der Waals surface area contributed by atoms with E-state index in [2.05, 4.69) is 92.7 Å². The second-order valence-electron chi connectivity index (χ2n) is 6.64. The highest BCUT2D eigenvalue weighted by Crippen LogP contribution is 2.29. The lowest BCUT2D eigenvalue weighted by Gasteiger charge is -2.10. The summed E-state index contributed by atoms with van der Waals surface area (Å²) >= 11 is 0. The van der Waals surface area contributed by atoms with Gasteiger partial charge >= 0.3 is 0 Å². The lowest BCUT2D eigenvalue weighted by molar-refractivity contribution is 1.29. The predicted octanol–water partition coefficient (Wildman–Crippen LogP) is 6.70. The Balaban J connectivity index is 1.66. The topological polar surface area (TPSA) is 12.9 Å². The monoisotopic (exact) mass is 335 g/mol. The van der Waals surface area contributed by atoms with E-state index in [1.54, 1.807) is 0 Å². The van der Waals surface area contributed by atoms with Gasteiger partial charge < -0.3 is 0 Å². The fraction of sp³-hybridized carbons (Fsp3) is 0.0800. The molecule has 0 aliphatic rings. The van der Waals surface area contributed by atoms with Gasteiger partial charge in [-0.3, -0.25) is 4.98 Å². The molecule has 0 fully saturated rings. The van der Waals surface area contributed by atoms with Crippen LogP contribution in [0.3, 0.4) is 0 Å². The zero-order chi connectivity index (χ0) is 17.9. The van der Waals surface area contributed by atoms with Crippen LogP contribution in [0.15, 0.2) is 91.1 Å². The van der Waals surface area contributed by atoms with Gasteiger partial charge in [0.15, 0.2) is 0 Å². The summed E-state index contributed by atoms with van der Waals surface area (Å²) in [6.07, 6.45) is 1.98. The van der Waals surface area contributed by atoms with Crippen LogP contribution in [-0.2, 0) is 0 Å². The number of aromatic nitrogens is 1. The second-order valence-corrected chi connectivity index (χ2v) is 6.64. The average molecular weight is 335 g/mol. The van der Waals surface area contributed by atoms with E-state index >= 15 is 0 Å². The summed E-state index contributed by atoms with van der Waals surface area (Å²) in [5, 5.41) is 0. The van der Waals surface area contributed by atoms with Crippen LogP contribution >= 0.6 is 0 Å². The van der Waals surface area contributed by atoms with Crippen LogP contribution < -0.4 is 0 Å². The maximum Gasteiger partial charge on any atom is 0.0705 e. The van der Waals surface area contributed by atoms with Crippen molar-refractivity contribution in [2.24, 2.45) is 0 Å². The minimum atomic E-state index is 1.01. The van der Waals surface area contributed by atoms with Gasteiger partial charge in [-0.25, -0.2) is 0 Å². The van der Waals surface area contributed by atoms with Crippen molar-refractivity contribution in [3.05, 3.63) is 102 Å². The molecule has 0 N–H and O–H groups in total. The minimum absolute atomic E-state index is 1.01. The van der Waals surface area contributed by atoms with E-state index in [4.69, 9.17) is 4.98 Å². The third kappa shape index (κ3) is 3.16. The van der Waals surface area contributed by atoms with E-state index in [0.717, 1.165) is 11.3 Å². The molecule has 4 rings (SSSR count). The number of aryl methyl sites for hydroxylation is 2. The summed E-state index contributed by atoms with van der Waals surface area (Å²) in [5.74, 6) is 0. The van der Waals surface area contributed by atoms with Crippen molar-refractivity contribution in [1.82, 2.24) is 4.98 Å². The molecule has 0 saturated heterocycles. The van der Waals surface area contributed by atoms with Crippen LogP contribution in [0.25, 0.3) is 33.5 Å². The van der Waals surface area contributed by atoms with Gasteiger partial charge in [0.2, 0.25) is 0 Å². The van der Waals surface area contributed by atoms with Gasteiger partial charge in [0, 0.05) is 17.3 Å². The van der Waals surface area contributed by atoms with Gasteiger partial charge in [0.05, 0.1) is 5.69 Å². The summed E-state index contributed by atoms with van der Waals surface area (Å²) in [7, 11) is 0. The molecule has 0 amide bonds. The number of hydrogen-bond donors (Lipinski definition) is 0. The second kappa shape index (κ2) is 6.97. The maximum absolute atomic E-state index is 4.71. The largest absolute Gasteiger partial charge is 0.256 e. The number of pyridine rings is 1. The van der Waals surface area contributed by atoms with Crippen LogP contribution in [0.4, 0.5) is 0 Å². The van der Waals surface area contributed by atoms with Gasteiger partial charge in [0.25, 0.3) is 0 Å². The lowest BCUT2D eigenvalue weighted by Crippen LogP contribution is -1.90. The Hall–Kier alpha value is -3.19. The molecular formula is C25H21N. The van der Waals surface area contributed by atoms with Crippen molar-refractivity contribution in [3.63, 3.8) is 0 Å². The Morgan fingerprint density at radius 1 is 0.538 bits per heavy atom. The Morgan fingerprint density at radius 3 is 1.85 bits per heavy atom. The lowest BCUT2D eigenvalue weighted by atomic mass is 9.97. The first-order valence-electron chi connectivity index (χ1n) is 8.91. The molecule has 126 valence electrons. The molecule has 0 aliphatic heterocycles. The standard InChI is InChI=1S/C25H21N/c1-18-8-6-7-11-23(18)21-12-14-22(15-13-21)25-16-19(2)24(17-26-25)20-9-4-3-5-10-20/h3-17H,1-2H3. The number of rotatable bonds is 3. The maximum atomic E-state index is 4.71. The van der Waals surface area contributed by atoms with E-state index in [0.29, 0.717) is 0 Å². The van der Waals surface area contributed by atoms with Crippen LogP contribution in [0.5, 0.6) is 0 Å². The van der Waals surface area contributed by atoms with Gasteiger partial charge in [-0.1, -0.05) is 78.9 Å².